The Morgan fingerprint density at radius 1 is 1.29 bits per heavy atom. The second kappa shape index (κ2) is 7.72. The van der Waals surface area contributed by atoms with Gasteiger partial charge < -0.3 is 4.90 Å². The van der Waals surface area contributed by atoms with Crippen molar-refractivity contribution in [1.82, 2.24) is 4.90 Å². The van der Waals surface area contributed by atoms with Crippen LogP contribution in [-0.2, 0) is 0 Å². The molecule has 0 aromatic heterocycles. The third-order valence-electron chi connectivity index (χ3n) is 6.04. The van der Waals surface area contributed by atoms with Crippen molar-refractivity contribution in [2.45, 2.75) is 59.8 Å². The fourth-order valence-corrected chi connectivity index (χ4v) is 3.96. The van der Waals surface area contributed by atoms with Crippen LogP contribution in [0.1, 0.15) is 59.8 Å². The van der Waals surface area contributed by atoms with E-state index in [4.69, 9.17) is 0 Å². The maximum Gasteiger partial charge on any atom is 0.154 e. The third kappa shape index (κ3) is 4.02. The predicted molar refractivity (Wildman–Crippen MR) is 102 cm³/mol. The van der Waals surface area contributed by atoms with E-state index in [1.54, 1.807) is 0 Å². The molecule has 4 atom stereocenters. The molecule has 2 aliphatic rings. The molecule has 1 heterocycles. The maximum atomic E-state index is 14.8. The highest BCUT2D eigenvalue weighted by atomic mass is 19.1. The van der Waals surface area contributed by atoms with Gasteiger partial charge in [0.25, 0.3) is 0 Å². The van der Waals surface area contributed by atoms with E-state index in [1.807, 2.05) is 25.1 Å². The summed E-state index contributed by atoms with van der Waals surface area (Å²) < 4.78 is 14.8. The molecular formula is C22H34FN. The minimum Gasteiger partial charge on any atom is -0.348 e. The first-order valence-corrected chi connectivity index (χ1v) is 9.49. The van der Waals surface area contributed by atoms with E-state index in [-0.39, 0.29) is 5.83 Å². The molecule has 0 aromatic rings. The average molecular weight is 332 g/mol. The van der Waals surface area contributed by atoms with Gasteiger partial charge in [-0.25, -0.2) is 4.39 Å². The molecule has 0 N–H and O–H groups in total. The quantitative estimate of drug-likeness (QED) is 0.483. The number of hydrogen-bond acceptors (Lipinski definition) is 1. The fourth-order valence-electron chi connectivity index (χ4n) is 3.96. The van der Waals surface area contributed by atoms with E-state index in [1.165, 1.54) is 19.3 Å². The largest absolute Gasteiger partial charge is 0.348 e. The van der Waals surface area contributed by atoms with Gasteiger partial charge in [-0.1, -0.05) is 40.3 Å². The number of halogens is 1. The number of rotatable bonds is 8. The van der Waals surface area contributed by atoms with Crippen LogP contribution in [0.15, 0.2) is 47.6 Å². The first-order chi connectivity index (χ1) is 11.3. The van der Waals surface area contributed by atoms with E-state index in [9.17, 15) is 4.39 Å². The Hall–Kier alpha value is -1.31. The Morgan fingerprint density at radius 3 is 2.50 bits per heavy atom. The third-order valence-corrected chi connectivity index (χ3v) is 6.04. The maximum absolute atomic E-state index is 14.8. The normalized spacial score (nSPS) is 26.3. The SMILES string of the molecule is C=C1C(C)=CN(C)C(C(=C)C(CC)CC2CC2CC(C)CC)=C1F. The Balaban J connectivity index is 2.04. The minimum absolute atomic E-state index is 0.201. The highest BCUT2D eigenvalue weighted by Crippen LogP contribution is 2.49. The zero-order chi connectivity index (χ0) is 18.0. The summed E-state index contributed by atoms with van der Waals surface area (Å²) >= 11 is 0. The molecule has 0 saturated heterocycles. The molecule has 0 radical (unpaired) electrons. The molecule has 1 nitrogen and oxygen atoms in total. The van der Waals surface area contributed by atoms with Crippen molar-refractivity contribution in [1.29, 1.82) is 0 Å². The molecule has 4 unspecified atom stereocenters. The Kier molecular flexibility index (Phi) is 6.11. The van der Waals surface area contributed by atoms with Crippen LogP contribution in [0.25, 0.3) is 0 Å². The lowest BCUT2D eigenvalue weighted by molar-refractivity contribution is 0.417. The molecule has 0 amide bonds. The summed E-state index contributed by atoms with van der Waals surface area (Å²) in [5, 5.41) is 0. The highest BCUT2D eigenvalue weighted by Gasteiger charge is 2.39. The summed E-state index contributed by atoms with van der Waals surface area (Å²) in [6, 6.07) is 0. The van der Waals surface area contributed by atoms with Crippen molar-refractivity contribution in [2.75, 3.05) is 7.05 Å². The summed E-state index contributed by atoms with van der Waals surface area (Å²) in [6.07, 6.45) is 8.09. The second-order valence-electron chi connectivity index (χ2n) is 7.94. The molecule has 0 aromatic carbocycles. The average Bonchev–Trinajstić information content (AvgIpc) is 3.27. The molecule has 0 spiro atoms. The van der Waals surface area contributed by atoms with Gasteiger partial charge >= 0.3 is 0 Å². The summed E-state index contributed by atoms with van der Waals surface area (Å²) in [4.78, 5) is 1.88. The lowest BCUT2D eigenvalue weighted by atomic mass is 9.86. The van der Waals surface area contributed by atoms with Crippen molar-refractivity contribution in [2.24, 2.45) is 23.7 Å². The minimum atomic E-state index is -0.201. The highest BCUT2D eigenvalue weighted by molar-refractivity contribution is 5.51. The molecule has 1 fully saturated rings. The molecule has 1 saturated carbocycles. The Bertz CT molecular complexity index is 569. The van der Waals surface area contributed by atoms with E-state index in [2.05, 4.69) is 33.9 Å². The molecule has 24 heavy (non-hydrogen) atoms. The molecule has 1 aliphatic heterocycles. The second-order valence-corrected chi connectivity index (χ2v) is 7.94. The van der Waals surface area contributed by atoms with Crippen LogP contribution in [0.5, 0.6) is 0 Å². The van der Waals surface area contributed by atoms with Crippen molar-refractivity contribution in [3.8, 4) is 0 Å². The molecule has 2 heteroatoms. The summed E-state index contributed by atoms with van der Waals surface area (Å²) in [5.41, 5.74) is 2.96. The van der Waals surface area contributed by atoms with Gasteiger partial charge in [-0.2, -0.15) is 0 Å². The smallest absolute Gasteiger partial charge is 0.154 e. The van der Waals surface area contributed by atoms with Crippen molar-refractivity contribution in [3.63, 3.8) is 0 Å². The summed E-state index contributed by atoms with van der Waals surface area (Å²) in [5.74, 6) is 2.66. The molecule has 1 aliphatic carbocycles. The summed E-state index contributed by atoms with van der Waals surface area (Å²) in [7, 11) is 1.91. The van der Waals surface area contributed by atoms with Crippen LogP contribution >= 0.6 is 0 Å². The van der Waals surface area contributed by atoms with Crippen LogP contribution in [0.2, 0.25) is 0 Å². The van der Waals surface area contributed by atoms with Crippen molar-refractivity contribution >= 4 is 0 Å². The lowest BCUT2D eigenvalue weighted by Crippen LogP contribution is -2.22. The Labute approximate surface area is 148 Å². The van der Waals surface area contributed by atoms with E-state index < -0.39 is 0 Å². The zero-order valence-corrected chi connectivity index (χ0v) is 16.2. The zero-order valence-electron chi connectivity index (χ0n) is 16.2. The summed E-state index contributed by atoms with van der Waals surface area (Å²) in [6.45, 7) is 16.9. The molecule has 134 valence electrons. The van der Waals surface area contributed by atoms with Gasteiger partial charge in [0.2, 0.25) is 0 Å². The molecular weight excluding hydrogens is 297 g/mol. The van der Waals surface area contributed by atoms with Crippen LogP contribution in [0.4, 0.5) is 4.39 Å². The number of hydrogen-bond donors (Lipinski definition) is 0. The van der Waals surface area contributed by atoms with Crippen molar-refractivity contribution < 1.29 is 4.39 Å². The standard InChI is InChI=1S/C22H34FN/c1-8-14(3)10-19-12-20(19)11-18(9-2)17(6)22-21(23)16(5)15(4)13-24(22)7/h13-14,18-20H,5-6,8-12H2,1-4,7H3. The number of allylic oxidation sites excluding steroid dienone is 4. The topological polar surface area (TPSA) is 3.24 Å². The first kappa shape index (κ1) is 19.0. The predicted octanol–water partition coefficient (Wildman–Crippen LogP) is 6.62. The fraction of sp³-hybridized carbons (Fsp3) is 0.636. The van der Waals surface area contributed by atoms with Crippen LogP contribution in [0, 0.1) is 23.7 Å². The van der Waals surface area contributed by atoms with Crippen LogP contribution in [-0.4, -0.2) is 11.9 Å². The number of nitrogens with zero attached hydrogens (tertiary/aromatic N) is 1. The first-order valence-electron chi connectivity index (χ1n) is 9.49. The number of likely N-dealkylation sites (N-methyl/N-ethyl adjacent to an activating group) is 1. The van der Waals surface area contributed by atoms with Crippen molar-refractivity contribution in [3.05, 3.63) is 47.6 Å². The Morgan fingerprint density at radius 2 is 1.92 bits per heavy atom. The van der Waals surface area contributed by atoms with Gasteiger partial charge in [-0.05, 0) is 67.4 Å². The van der Waals surface area contributed by atoms with Gasteiger partial charge in [0.1, 0.15) is 0 Å². The van der Waals surface area contributed by atoms with E-state index in [0.717, 1.165) is 41.7 Å². The van der Waals surface area contributed by atoms with E-state index >= 15 is 0 Å². The lowest BCUT2D eigenvalue weighted by Gasteiger charge is -2.30. The van der Waals surface area contributed by atoms with Gasteiger partial charge in [0.15, 0.2) is 5.83 Å². The van der Waals surface area contributed by atoms with Crippen LogP contribution < -0.4 is 0 Å². The van der Waals surface area contributed by atoms with E-state index in [0.29, 0.717) is 17.2 Å². The van der Waals surface area contributed by atoms with Gasteiger partial charge in [0.05, 0.1) is 5.70 Å². The molecule has 2 rings (SSSR count). The van der Waals surface area contributed by atoms with Gasteiger partial charge in [-0.15, -0.1) is 0 Å². The monoisotopic (exact) mass is 331 g/mol. The molecule has 0 bridgehead atoms. The van der Waals surface area contributed by atoms with Gasteiger partial charge in [0, 0.05) is 18.8 Å². The van der Waals surface area contributed by atoms with Crippen LogP contribution in [0.3, 0.4) is 0 Å². The van der Waals surface area contributed by atoms with Gasteiger partial charge in [-0.3, -0.25) is 0 Å².